The van der Waals surface area contributed by atoms with E-state index in [1.54, 1.807) is 34.6 Å². The molecular weight excluding hydrogens is 322 g/mol. The molecule has 0 bridgehead atoms. The van der Waals surface area contributed by atoms with Crippen LogP contribution < -0.4 is 0 Å². The molecule has 136 valence electrons. The van der Waals surface area contributed by atoms with Crippen molar-refractivity contribution < 1.29 is 23.9 Å². The van der Waals surface area contributed by atoms with Gasteiger partial charge in [-0.15, -0.1) is 0 Å². The summed E-state index contributed by atoms with van der Waals surface area (Å²) in [5.74, 6) is -0.927. The molecule has 1 aromatic carbocycles. The third-order valence-corrected chi connectivity index (χ3v) is 4.37. The molecule has 0 radical (unpaired) electrons. The largest absolute Gasteiger partial charge is 0.460 e. The van der Waals surface area contributed by atoms with Crippen LogP contribution in [0.3, 0.4) is 0 Å². The number of rotatable bonds is 3. The quantitative estimate of drug-likeness (QED) is 0.785. The van der Waals surface area contributed by atoms with E-state index in [4.69, 9.17) is 9.47 Å². The molecule has 0 N–H and O–H groups in total. The highest BCUT2D eigenvalue weighted by atomic mass is 16.6. The second-order valence-electron chi connectivity index (χ2n) is 7.58. The fourth-order valence-corrected chi connectivity index (χ4v) is 2.75. The SMILES string of the molecule is C[C@@H]1N(C(=O)OC(C)(C)C)C(=O)C[C@]1(C)C(=O)OCc1ccccc1. The second kappa shape index (κ2) is 6.86. The highest BCUT2D eigenvalue weighted by Gasteiger charge is 2.55. The van der Waals surface area contributed by atoms with Crippen molar-refractivity contribution in [3.63, 3.8) is 0 Å². The fourth-order valence-electron chi connectivity index (χ4n) is 2.75. The molecule has 2 rings (SSSR count). The van der Waals surface area contributed by atoms with Crippen molar-refractivity contribution in [3.05, 3.63) is 35.9 Å². The predicted molar refractivity (Wildman–Crippen MR) is 91.5 cm³/mol. The number of carbonyl (C=O) groups is 3. The molecule has 1 heterocycles. The van der Waals surface area contributed by atoms with Crippen LogP contribution in [-0.4, -0.2) is 34.5 Å². The summed E-state index contributed by atoms with van der Waals surface area (Å²) >= 11 is 0. The van der Waals surface area contributed by atoms with E-state index in [1.807, 2.05) is 30.3 Å². The van der Waals surface area contributed by atoms with Gasteiger partial charge in [-0.25, -0.2) is 9.69 Å². The van der Waals surface area contributed by atoms with Crippen LogP contribution in [0.5, 0.6) is 0 Å². The standard InChI is InChI=1S/C19H25NO5/c1-13-19(5,16(22)24-12-14-9-7-6-8-10-14)11-15(21)20(13)17(23)25-18(2,3)4/h6-10,13H,11-12H2,1-5H3/t13-,19-/m0/s1. The Kier molecular flexibility index (Phi) is 5.20. The minimum Gasteiger partial charge on any atom is -0.460 e. The van der Waals surface area contributed by atoms with E-state index < -0.39 is 35.0 Å². The third-order valence-electron chi connectivity index (χ3n) is 4.37. The normalized spacial score (nSPS) is 23.5. The summed E-state index contributed by atoms with van der Waals surface area (Å²) < 4.78 is 10.7. The summed E-state index contributed by atoms with van der Waals surface area (Å²) in [6, 6.07) is 8.66. The molecule has 1 fully saturated rings. The minimum absolute atomic E-state index is 0.0823. The monoisotopic (exact) mass is 347 g/mol. The Labute approximate surface area is 148 Å². The van der Waals surface area contributed by atoms with Gasteiger partial charge in [-0.3, -0.25) is 9.59 Å². The molecule has 1 aliphatic rings. The average Bonchev–Trinajstić information content (AvgIpc) is 2.74. The second-order valence-corrected chi connectivity index (χ2v) is 7.58. The Morgan fingerprint density at radius 1 is 1.24 bits per heavy atom. The van der Waals surface area contributed by atoms with Crippen molar-refractivity contribution in [2.75, 3.05) is 0 Å². The molecule has 6 heteroatoms. The van der Waals surface area contributed by atoms with Gasteiger partial charge in [-0.2, -0.15) is 0 Å². The topological polar surface area (TPSA) is 72.9 Å². The van der Waals surface area contributed by atoms with Crippen LogP contribution in [0.4, 0.5) is 4.79 Å². The first kappa shape index (κ1) is 19.0. The van der Waals surface area contributed by atoms with Crippen LogP contribution in [0.25, 0.3) is 0 Å². The molecule has 2 atom stereocenters. The summed E-state index contributed by atoms with van der Waals surface area (Å²) in [4.78, 5) is 38.2. The van der Waals surface area contributed by atoms with Crippen molar-refractivity contribution in [1.29, 1.82) is 0 Å². The molecule has 0 aliphatic carbocycles. The average molecular weight is 347 g/mol. The van der Waals surface area contributed by atoms with Gasteiger partial charge in [0, 0.05) is 6.42 Å². The lowest BCUT2D eigenvalue weighted by Gasteiger charge is -2.30. The van der Waals surface area contributed by atoms with Crippen LogP contribution in [0.2, 0.25) is 0 Å². The summed E-state index contributed by atoms with van der Waals surface area (Å²) in [7, 11) is 0. The molecule has 0 spiro atoms. The van der Waals surface area contributed by atoms with Crippen LogP contribution >= 0.6 is 0 Å². The summed E-state index contributed by atoms with van der Waals surface area (Å²) in [6.07, 6.45) is -0.814. The van der Waals surface area contributed by atoms with Crippen LogP contribution in [0.1, 0.15) is 46.6 Å². The van der Waals surface area contributed by atoms with Crippen molar-refractivity contribution in [1.82, 2.24) is 4.90 Å². The lowest BCUT2D eigenvalue weighted by molar-refractivity contribution is -0.157. The number of amides is 2. The first-order chi connectivity index (χ1) is 11.5. The molecule has 1 aliphatic heterocycles. The van der Waals surface area contributed by atoms with E-state index in [1.165, 1.54) is 0 Å². The van der Waals surface area contributed by atoms with Crippen molar-refractivity contribution in [3.8, 4) is 0 Å². The molecule has 1 saturated heterocycles. The number of likely N-dealkylation sites (tertiary alicyclic amines) is 1. The fraction of sp³-hybridized carbons (Fsp3) is 0.526. The van der Waals surface area contributed by atoms with E-state index in [0.717, 1.165) is 10.5 Å². The van der Waals surface area contributed by atoms with Crippen molar-refractivity contribution in [2.24, 2.45) is 5.41 Å². The Bertz CT molecular complexity index is 664. The van der Waals surface area contributed by atoms with Gasteiger partial charge in [0.15, 0.2) is 0 Å². The molecule has 0 unspecified atom stereocenters. The molecule has 2 amide bonds. The van der Waals surface area contributed by atoms with E-state index in [0.29, 0.717) is 0 Å². The number of nitrogens with zero attached hydrogens (tertiary/aromatic N) is 1. The Morgan fingerprint density at radius 2 is 1.84 bits per heavy atom. The summed E-state index contributed by atoms with van der Waals surface area (Å²) in [6.45, 7) is 8.62. The number of ether oxygens (including phenoxy) is 2. The predicted octanol–water partition coefficient (Wildman–Crippen LogP) is 3.29. The van der Waals surface area contributed by atoms with Gasteiger partial charge in [-0.1, -0.05) is 30.3 Å². The van der Waals surface area contributed by atoms with Gasteiger partial charge in [0.25, 0.3) is 0 Å². The van der Waals surface area contributed by atoms with Gasteiger partial charge >= 0.3 is 12.1 Å². The number of hydrogen-bond donors (Lipinski definition) is 0. The lowest BCUT2D eigenvalue weighted by Crippen LogP contribution is -2.46. The van der Waals surface area contributed by atoms with E-state index in [-0.39, 0.29) is 13.0 Å². The molecule has 1 aromatic rings. The number of imide groups is 1. The number of carbonyl (C=O) groups excluding carboxylic acids is 3. The lowest BCUT2D eigenvalue weighted by atomic mass is 9.83. The first-order valence-electron chi connectivity index (χ1n) is 8.31. The van der Waals surface area contributed by atoms with Gasteiger partial charge in [0.2, 0.25) is 5.91 Å². The van der Waals surface area contributed by atoms with Gasteiger partial charge in [0.1, 0.15) is 12.2 Å². The Balaban J connectivity index is 2.08. The number of hydrogen-bond acceptors (Lipinski definition) is 5. The summed E-state index contributed by atoms with van der Waals surface area (Å²) in [5, 5.41) is 0. The van der Waals surface area contributed by atoms with Crippen LogP contribution in [0, 0.1) is 5.41 Å². The maximum absolute atomic E-state index is 12.6. The molecule has 6 nitrogen and oxygen atoms in total. The van der Waals surface area contributed by atoms with Gasteiger partial charge in [-0.05, 0) is 40.2 Å². The van der Waals surface area contributed by atoms with E-state index in [9.17, 15) is 14.4 Å². The van der Waals surface area contributed by atoms with E-state index in [2.05, 4.69) is 0 Å². The molecule has 0 saturated carbocycles. The zero-order chi connectivity index (χ0) is 18.8. The maximum atomic E-state index is 12.6. The highest BCUT2D eigenvalue weighted by molar-refractivity contribution is 5.99. The smallest absolute Gasteiger partial charge is 0.417 e. The van der Waals surface area contributed by atoms with Crippen molar-refractivity contribution >= 4 is 18.0 Å². The zero-order valence-electron chi connectivity index (χ0n) is 15.4. The van der Waals surface area contributed by atoms with E-state index >= 15 is 0 Å². The van der Waals surface area contributed by atoms with Gasteiger partial charge < -0.3 is 9.47 Å². The first-order valence-corrected chi connectivity index (χ1v) is 8.31. The van der Waals surface area contributed by atoms with Gasteiger partial charge in [0.05, 0.1) is 11.5 Å². The third kappa shape index (κ3) is 4.18. The molecule has 25 heavy (non-hydrogen) atoms. The summed E-state index contributed by atoms with van der Waals surface area (Å²) in [5.41, 5.74) is -0.951. The maximum Gasteiger partial charge on any atom is 0.417 e. The zero-order valence-corrected chi connectivity index (χ0v) is 15.4. The number of benzene rings is 1. The number of esters is 1. The van der Waals surface area contributed by atoms with Crippen LogP contribution in [-0.2, 0) is 25.7 Å². The Morgan fingerprint density at radius 3 is 2.40 bits per heavy atom. The highest BCUT2D eigenvalue weighted by Crippen LogP contribution is 2.39. The van der Waals surface area contributed by atoms with Crippen molar-refractivity contribution in [2.45, 2.75) is 59.3 Å². The van der Waals surface area contributed by atoms with Crippen LogP contribution in [0.15, 0.2) is 30.3 Å². The minimum atomic E-state index is -1.09. The Hall–Kier alpha value is -2.37. The molecular formula is C19H25NO5. The molecule has 0 aromatic heterocycles.